The molecular weight excluding hydrogens is 617 g/mol. The molecule has 5 rings (SSSR count). The van der Waals surface area contributed by atoms with Crippen molar-refractivity contribution in [1.82, 2.24) is 29.8 Å². The van der Waals surface area contributed by atoms with Crippen molar-refractivity contribution in [3.8, 4) is 10.6 Å². The van der Waals surface area contributed by atoms with Crippen LogP contribution in [-0.4, -0.2) is 65.2 Å². The Morgan fingerprint density at radius 2 is 2.00 bits per heavy atom. The number of pyridine rings is 1. The number of hydrogen-bond donors (Lipinski definition) is 2. The average molecular weight is 650 g/mol. The Morgan fingerprint density at radius 3 is 2.72 bits per heavy atom. The average Bonchev–Trinajstić information content (AvgIpc) is 3.61. The van der Waals surface area contributed by atoms with Crippen molar-refractivity contribution in [2.75, 3.05) is 11.3 Å². The summed E-state index contributed by atoms with van der Waals surface area (Å²) in [5.41, 5.74) is 2.44. The summed E-state index contributed by atoms with van der Waals surface area (Å²) in [5, 5.41) is 2.55. The van der Waals surface area contributed by atoms with E-state index in [0.29, 0.717) is 58.1 Å². The van der Waals surface area contributed by atoms with Crippen molar-refractivity contribution in [2.45, 2.75) is 69.9 Å². The minimum absolute atomic E-state index is 0.0586. The molecular formula is C27H33F2N7O4S2Si. The van der Waals surface area contributed by atoms with E-state index in [1.165, 1.54) is 18.6 Å². The summed E-state index contributed by atoms with van der Waals surface area (Å²) < 4.78 is 61.2. The molecule has 0 unspecified atom stereocenters. The standard InChI is InChI=1S/C27H33F2N7O4S2Si/c1-43(2,3)9-8-40-16-36-15-17(10-23(28)29)24-25(36)31-13-21(34-24)22-14-33-27(41-22)26(37)32-12-19-11-18(6-7-30-19)35-42(38,39)20-4-5-20/h6-7,11,13-15,20,23H,4-5,8-10,12,16H2,1-3H3,(H,30,35)(H,32,37). The number of halogens is 2. The van der Waals surface area contributed by atoms with E-state index in [1.807, 2.05) is 0 Å². The second kappa shape index (κ2) is 12.7. The zero-order valence-corrected chi connectivity index (χ0v) is 26.6. The number of sulfonamides is 1. The van der Waals surface area contributed by atoms with Crippen molar-refractivity contribution in [1.29, 1.82) is 0 Å². The molecule has 230 valence electrons. The first-order valence-corrected chi connectivity index (χ1v) is 19.9. The zero-order chi connectivity index (χ0) is 30.8. The van der Waals surface area contributed by atoms with Crippen LogP contribution in [0.5, 0.6) is 0 Å². The first-order chi connectivity index (χ1) is 20.4. The number of hydrogen-bond acceptors (Lipinski definition) is 9. The quantitative estimate of drug-likeness (QED) is 0.145. The van der Waals surface area contributed by atoms with Gasteiger partial charge in [-0.2, -0.15) is 0 Å². The molecule has 0 radical (unpaired) electrons. The Hall–Kier alpha value is -3.34. The van der Waals surface area contributed by atoms with E-state index in [2.05, 4.69) is 49.6 Å². The van der Waals surface area contributed by atoms with Crippen molar-refractivity contribution in [3.63, 3.8) is 0 Å². The second-order valence-electron chi connectivity index (χ2n) is 11.6. The molecule has 1 saturated carbocycles. The van der Waals surface area contributed by atoms with Gasteiger partial charge in [-0.05, 0) is 31.0 Å². The number of rotatable bonds is 14. The molecule has 1 fully saturated rings. The molecule has 0 atom stereocenters. The Balaban J connectivity index is 1.26. The maximum atomic E-state index is 13.4. The van der Waals surface area contributed by atoms with Gasteiger partial charge in [0, 0.05) is 45.3 Å². The van der Waals surface area contributed by atoms with Gasteiger partial charge in [-0.1, -0.05) is 19.6 Å². The van der Waals surface area contributed by atoms with Crippen LogP contribution in [0.3, 0.4) is 0 Å². The zero-order valence-electron chi connectivity index (χ0n) is 24.0. The van der Waals surface area contributed by atoms with Crippen molar-refractivity contribution >= 4 is 52.2 Å². The highest BCUT2D eigenvalue weighted by Gasteiger charge is 2.35. The highest BCUT2D eigenvalue weighted by atomic mass is 32.2. The number of nitrogens with zero attached hydrogens (tertiary/aromatic N) is 5. The lowest BCUT2D eigenvalue weighted by Crippen LogP contribution is -2.23. The number of carbonyl (C=O) groups excluding carboxylic acids is 1. The van der Waals surface area contributed by atoms with Crippen LogP contribution in [-0.2, 0) is 34.5 Å². The first kappa shape index (κ1) is 31.1. The molecule has 0 aromatic carbocycles. The predicted octanol–water partition coefficient (Wildman–Crippen LogP) is 4.90. The Morgan fingerprint density at radius 1 is 1.21 bits per heavy atom. The SMILES string of the molecule is C[Si](C)(C)CCOCn1cc(CC(F)F)c2nc(-c3cnc(C(=O)NCc4cc(NS(=O)(=O)C5CC5)ccn4)s3)cnc21. The summed E-state index contributed by atoms with van der Waals surface area (Å²) >= 11 is 1.09. The van der Waals surface area contributed by atoms with Crippen LogP contribution in [0.1, 0.15) is 33.9 Å². The number of nitrogens with one attached hydrogen (secondary N) is 2. The summed E-state index contributed by atoms with van der Waals surface area (Å²) in [6.07, 6.45) is 4.38. The molecule has 4 aromatic heterocycles. The molecule has 16 heteroatoms. The van der Waals surface area contributed by atoms with Gasteiger partial charge in [-0.3, -0.25) is 14.5 Å². The summed E-state index contributed by atoms with van der Waals surface area (Å²) in [6, 6.07) is 4.11. The minimum Gasteiger partial charge on any atom is -0.361 e. The molecule has 43 heavy (non-hydrogen) atoms. The van der Waals surface area contributed by atoms with Crippen LogP contribution >= 0.6 is 11.3 Å². The van der Waals surface area contributed by atoms with E-state index < -0.39 is 36.9 Å². The van der Waals surface area contributed by atoms with E-state index >= 15 is 0 Å². The fourth-order valence-corrected chi connectivity index (χ4v) is 7.12. The number of anilines is 1. The maximum Gasteiger partial charge on any atom is 0.280 e. The number of amides is 1. The molecule has 0 spiro atoms. The topological polar surface area (TPSA) is 141 Å². The largest absolute Gasteiger partial charge is 0.361 e. The lowest BCUT2D eigenvalue weighted by atomic mass is 10.2. The molecule has 1 aliphatic rings. The summed E-state index contributed by atoms with van der Waals surface area (Å²) in [5.74, 6) is -0.448. The summed E-state index contributed by atoms with van der Waals surface area (Å²) in [6.45, 7) is 7.59. The summed E-state index contributed by atoms with van der Waals surface area (Å²) in [7, 11) is -4.69. The van der Waals surface area contributed by atoms with Crippen LogP contribution in [0.25, 0.3) is 21.7 Å². The van der Waals surface area contributed by atoms with Crippen molar-refractivity contribution in [3.05, 3.63) is 53.2 Å². The molecule has 11 nitrogen and oxygen atoms in total. The van der Waals surface area contributed by atoms with Gasteiger partial charge in [0.25, 0.3) is 5.91 Å². The highest BCUT2D eigenvalue weighted by molar-refractivity contribution is 7.93. The lowest BCUT2D eigenvalue weighted by Gasteiger charge is -2.15. The Labute approximate surface area is 253 Å². The van der Waals surface area contributed by atoms with E-state index in [-0.39, 0.29) is 23.5 Å². The smallest absolute Gasteiger partial charge is 0.280 e. The van der Waals surface area contributed by atoms with Crippen LogP contribution in [0, 0.1) is 0 Å². The number of fused-ring (bicyclic) bond motifs is 1. The molecule has 2 N–H and O–H groups in total. The van der Waals surface area contributed by atoms with Gasteiger partial charge in [0.1, 0.15) is 17.9 Å². The van der Waals surface area contributed by atoms with Crippen LogP contribution in [0.15, 0.2) is 36.9 Å². The van der Waals surface area contributed by atoms with Gasteiger partial charge in [0.05, 0.1) is 34.2 Å². The third kappa shape index (κ3) is 8.19. The number of carbonyl (C=O) groups is 1. The van der Waals surface area contributed by atoms with Gasteiger partial charge in [-0.15, -0.1) is 11.3 Å². The van der Waals surface area contributed by atoms with Crippen LogP contribution in [0.2, 0.25) is 25.7 Å². The predicted molar refractivity (Wildman–Crippen MR) is 163 cm³/mol. The maximum absolute atomic E-state index is 13.4. The van der Waals surface area contributed by atoms with Crippen LogP contribution in [0.4, 0.5) is 14.5 Å². The van der Waals surface area contributed by atoms with E-state index in [0.717, 1.165) is 17.4 Å². The fourth-order valence-electron chi connectivity index (χ4n) is 4.20. The number of aromatic nitrogens is 5. The number of ether oxygens (including phenoxy) is 1. The molecule has 0 bridgehead atoms. The number of alkyl halides is 2. The number of thiazole rings is 1. The fraction of sp³-hybridized carbons (Fsp3) is 0.444. The third-order valence-electron chi connectivity index (χ3n) is 6.66. The lowest BCUT2D eigenvalue weighted by molar-refractivity contribution is 0.0895. The molecule has 0 saturated heterocycles. The molecule has 1 aliphatic carbocycles. The summed E-state index contributed by atoms with van der Waals surface area (Å²) in [4.78, 5) is 30.9. The van der Waals surface area contributed by atoms with Gasteiger partial charge < -0.3 is 14.6 Å². The van der Waals surface area contributed by atoms with Gasteiger partial charge in [0.15, 0.2) is 10.7 Å². The molecule has 1 amide bonds. The Kier molecular flexibility index (Phi) is 9.20. The van der Waals surface area contributed by atoms with Gasteiger partial charge in [-0.25, -0.2) is 32.2 Å². The van der Waals surface area contributed by atoms with E-state index in [4.69, 9.17) is 4.74 Å². The first-order valence-electron chi connectivity index (χ1n) is 13.8. The molecule has 4 aromatic rings. The van der Waals surface area contributed by atoms with E-state index in [1.54, 1.807) is 22.9 Å². The highest BCUT2D eigenvalue weighted by Crippen LogP contribution is 2.30. The Bertz CT molecular complexity index is 1720. The van der Waals surface area contributed by atoms with Crippen molar-refractivity contribution in [2.24, 2.45) is 0 Å². The van der Waals surface area contributed by atoms with Crippen molar-refractivity contribution < 1.29 is 26.7 Å². The van der Waals surface area contributed by atoms with Gasteiger partial charge >= 0.3 is 0 Å². The minimum atomic E-state index is -3.41. The second-order valence-corrected chi connectivity index (χ2v) is 20.2. The molecule has 0 aliphatic heterocycles. The van der Waals surface area contributed by atoms with Crippen LogP contribution < -0.4 is 10.0 Å². The normalized spacial score (nSPS) is 14.0. The third-order valence-corrected chi connectivity index (χ3v) is 11.3. The van der Waals surface area contributed by atoms with Gasteiger partial charge in [0.2, 0.25) is 16.4 Å². The monoisotopic (exact) mass is 649 g/mol. The van der Waals surface area contributed by atoms with E-state index in [9.17, 15) is 22.0 Å². The molecule has 4 heterocycles.